The second-order valence-electron chi connectivity index (χ2n) is 7.73. The Morgan fingerprint density at radius 1 is 0.935 bits per heavy atom. The molecule has 3 aromatic rings. The number of aromatic nitrogens is 1. The predicted octanol–water partition coefficient (Wildman–Crippen LogP) is 3.98. The first-order valence-corrected chi connectivity index (χ1v) is 11.8. The number of hydrogen-bond acceptors (Lipinski definition) is 4. The molecular weight excluding hydrogens is 410 g/mol. The second-order valence-corrected chi connectivity index (χ2v) is 9.67. The lowest BCUT2D eigenvalue weighted by atomic mass is 9.91. The summed E-state index contributed by atoms with van der Waals surface area (Å²) in [7, 11) is -3.55. The number of pyridine rings is 1. The Hall–Kier alpha value is -3.03. The van der Waals surface area contributed by atoms with Crippen LogP contribution in [-0.4, -0.2) is 36.7 Å². The van der Waals surface area contributed by atoms with Gasteiger partial charge in [-0.05, 0) is 67.1 Å². The van der Waals surface area contributed by atoms with Crippen LogP contribution >= 0.6 is 0 Å². The number of amides is 1. The highest BCUT2D eigenvalue weighted by Crippen LogP contribution is 2.26. The molecule has 0 aliphatic carbocycles. The van der Waals surface area contributed by atoms with Gasteiger partial charge < -0.3 is 5.32 Å². The number of rotatable bonds is 6. The summed E-state index contributed by atoms with van der Waals surface area (Å²) in [6.45, 7) is 1.05. The van der Waals surface area contributed by atoms with Crippen molar-refractivity contribution < 1.29 is 13.2 Å². The largest absolute Gasteiger partial charge is 0.321 e. The molecule has 0 radical (unpaired) electrons. The van der Waals surface area contributed by atoms with E-state index in [9.17, 15) is 13.2 Å². The van der Waals surface area contributed by atoms with Gasteiger partial charge in [-0.25, -0.2) is 8.42 Å². The highest BCUT2D eigenvalue weighted by Gasteiger charge is 2.29. The van der Waals surface area contributed by atoms with Gasteiger partial charge >= 0.3 is 0 Å². The smallest absolute Gasteiger partial charge is 0.274 e. The molecule has 0 saturated carbocycles. The summed E-state index contributed by atoms with van der Waals surface area (Å²) in [5, 5.41) is 2.74. The molecule has 2 aromatic carbocycles. The van der Waals surface area contributed by atoms with Crippen LogP contribution in [0.25, 0.3) is 0 Å². The predicted molar refractivity (Wildman–Crippen MR) is 120 cm³/mol. The number of piperidine rings is 1. The molecule has 6 nitrogen and oxygen atoms in total. The van der Waals surface area contributed by atoms with Gasteiger partial charge in [-0.15, -0.1) is 0 Å². The lowest BCUT2D eigenvalue weighted by Gasteiger charge is -2.31. The molecule has 1 fully saturated rings. The highest BCUT2D eigenvalue weighted by atomic mass is 32.2. The summed E-state index contributed by atoms with van der Waals surface area (Å²) in [6, 6.07) is 21.7. The summed E-state index contributed by atoms with van der Waals surface area (Å²) < 4.78 is 27.6. The van der Waals surface area contributed by atoms with Crippen molar-refractivity contribution in [3.63, 3.8) is 0 Å². The molecule has 0 atom stereocenters. The van der Waals surface area contributed by atoms with E-state index in [4.69, 9.17) is 0 Å². The lowest BCUT2D eigenvalue weighted by Crippen LogP contribution is -2.38. The molecule has 2 heterocycles. The zero-order chi connectivity index (χ0) is 21.7. The molecule has 0 unspecified atom stereocenters. The van der Waals surface area contributed by atoms with Crippen LogP contribution in [0.2, 0.25) is 0 Å². The Balaban J connectivity index is 1.36. The lowest BCUT2D eigenvalue weighted by molar-refractivity contribution is 0.102. The molecule has 160 valence electrons. The van der Waals surface area contributed by atoms with E-state index in [0.29, 0.717) is 30.4 Å². The van der Waals surface area contributed by atoms with Gasteiger partial charge in [-0.3, -0.25) is 9.78 Å². The molecule has 31 heavy (non-hydrogen) atoms. The maximum Gasteiger partial charge on any atom is 0.274 e. The summed E-state index contributed by atoms with van der Waals surface area (Å²) >= 11 is 0. The van der Waals surface area contributed by atoms with E-state index in [1.54, 1.807) is 53.0 Å². The van der Waals surface area contributed by atoms with Crippen LogP contribution < -0.4 is 5.32 Å². The fraction of sp³-hybridized carbons (Fsp3) is 0.250. The number of hydrogen-bond donors (Lipinski definition) is 1. The first-order chi connectivity index (χ1) is 15.0. The number of benzene rings is 2. The zero-order valence-corrected chi connectivity index (χ0v) is 18.0. The SMILES string of the molecule is O=C(Nc1ccc(S(=O)(=O)N2CCC(Cc3ccccc3)CC2)cc1)c1ccccn1. The Kier molecular flexibility index (Phi) is 6.44. The van der Waals surface area contributed by atoms with Crippen molar-refractivity contribution >= 4 is 21.6 Å². The third kappa shape index (κ3) is 5.18. The number of sulfonamides is 1. The van der Waals surface area contributed by atoms with E-state index in [1.807, 2.05) is 18.2 Å². The van der Waals surface area contributed by atoms with Gasteiger partial charge in [0.25, 0.3) is 5.91 Å². The van der Waals surface area contributed by atoms with Crippen molar-refractivity contribution in [1.29, 1.82) is 0 Å². The molecule has 1 aliphatic rings. The van der Waals surface area contributed by atoms with E-state index < -0.39 is 10.0 Å². The quantitative estimate of drug-likeness (QED) is 0.635. The molecule has 1 N–H and O–H groups in total. The van der Waals surface area contributed by atoms with Crippen LogP contribution in [0.1, 0.15) is 28.9 Å². The minimum absolute atomic E-state index is 0.241. The average molecular weight is 436 g/mol. The van der Waals surface area contributed by atoms with Crippen molar-refractivity contribution in [2.75, 3.05) is 18.4 Å². The first kappa shape index (κ1) is 21.2. The van der Waals surface area contributed by atoms with Crippen LogP contribution in [0.4, 0.5) is 5.69 Å². The molecular formula is C24H25N3O3S. The van der Waals surface area contributed by atoms with Crippen LogP contribution in [0, 0.1) is 5.92 Å². The normalized spacial score (nSPS) is 15.5. The highest BCUT2D eigenvalue weighted by molar-refractivity contribution is 7.89. The van der Waals surface area contributed by atoms with Crippen molar-refractivity contribution in [3.8, 4) is 0 Å². The Morgan fingerprint density at radius 3 is 2.26 bits per heavy atom. The Bertz CT molecular complexity index is 1110. The van der Waals surface area contributed by atoms with Crippen LogP contribution in [0.3, 0.4) is 0 Å². The van der Waals surface area contributed by atoms with E-state index >= 15 is 0 Å². The maximum atomic E-state index is 13.0. The summed E-state index contributed by atoms with van der Waals surface area (Å²) in [5.41, 5.74) is 2.13. The Morgan fingerprint density at radius 2 is 1.61 bits per heavy atom. The minimum Gasteiger partial charge on any atom is -0.321 e. The number of carbonyl (C=O) groups excluding carboxylic acids is 1. The van der Waals surface area contributed by atoms with Gasteiger partial charge in [-0.2, -0.15) is 4.31 Å². The fourth-order valence-corrected chi connectivity index (χ4v) is 5.32. The van der Waals surface area contributed by atoms with Gasteiger partial charge in [0.2, 0.25) is 10.0 Å². The maximum absolute atomic E-state index is 13.0. The molecule has 1 saturated heterocycles. The van der Waals surface area contributed by atoms with Gasteiger partial charge in [0.15, 0.2) is 0 Å². The van der Waals surface area contributed by atoms with Crippen molar-refractivity contribution in [3.05, 3.63) is 90.3 Å². The molecule has 0 bridgehead atoms. The molecule has 7 heteroatoms. The van der Waals surface area contributed by atoms with E-state index in [0.717, 1.165) is 19.3 Å². The third-order valence-corrected chi connectivity index (χ3v) is 7.50. The summed E-state index contributed by atoms with van der Waals surface area (Å²) in [4.78, 5) is 16.5. The molecule has 1 aliphatic heterocycles. The van der Waals surface area contributed by atoms with Crippen molar-refractivity contribution in [2.45, 2.75) is 24.2 Å². The molecule has 4 rings (SSSR count). The van der Waals surface area contributed by atoms with E-state index in [-0.39, 0.29) is 10.8 Å². The fourth-order valence-electron chi connectivity index (χ4n) is 3.85. The van der Waals surface area contributed by atoms with Gasteiger partial charge in [-0.1, -0.05) is 36.4 Å². The standard InChI is InChI=1S/C24H25N3O3S/c28-24(23-8-4-5-15-25-23)26-21-9-11-22(12-10-21)31(29,30)27-16-13-20(14-17-27)18-19-6-2-1-3-7-19/h1-12,15,20H,13-14,16-18H2,(H,26,28). The van der Waals surface area contributed by atoms with Gasteiger partial charge in [0.05, 0.1) is 4.90 Å². The zero-order valence-electron chi connectivity index (χ0n) is 17.1. The number of nitrogens with one attached hydrogen (secondary N) is 1. The van der Waals surface area contributed by atoms with Crippen LogP contribution in [-0.2, 0) is 16.4 Å². The van der Waals surface area contributed by atoms with Crippen molar-refractivity contribution in [2.24, 2.45) is 5.92 Å². The van der Waals surface area contributed by atoms with E-state index in [1.165, 1.54) is 5.56 Å². The van der Waals surface area contributed by atoms with Crippen molar-refractivity contribution in [1.82, 2.24) is 9.29 Å². The molecule has 1 amide bonds. The topological polar surface area (TPSA) is 79.4 Å². The van der Waals surface area contributed by atoms with Gasteiger partial charge in [0.1, 0.15) is 5.69 Å². The molecule has 1 aromatic heterocycles. The Labute approximate surface area is 183 Å². The van der Waals surface area contributed by atoms with E-state index in [2.05, 4.69) is 22.4 Å². The van der Waals surface area contributed by atoms with Gasteiger partial charge in [0, 0.05) is 25.0 Å². The first-order valence-electron chi connectivity index (χ1n) is 10.4. The summed E-state index contributed by atoms with van der Waals surface area (Å²) in [6.07, 6.45) is 4.24. The average Bonchev–Trinajstić information content (AvgIpc) is 2.81. The number of anilines is 1. The third-order valence-electron chi connectivity index (χ3n) is 5.59. The monoisotopic (exact) mass is 435 g/mol. The summed E-state index contributed by atoms with van der Waals surface area (Å²) in [5.74, 6) is 0.162. The van der Waals surface area contributed by atoms with Crippen LogP contribution in [0.15, 0.2) is 83.9 Å². The minimum atomic E-state index is -3.55. The number of nitrogens with zero attached hydrogens (tertiary/aromatic N) is 2. The number of carbonyl (C=O) groups is 1. The second kappa shape index (κ2) is 9.41. The van der Waals surface area contributed by atoms with Crippen LogP contribution in [0.5, 0.6) is 0 Å². The molecule has 0 spiro atoms.